The van der Waals surface area contributed by atoms with Gasteiger partial charge in [-0.05, 0) is 44.8 Å². The highest BCUT2D eigenvalue weighted by Crippen LogP contribution is 2.25. The zero-order valence-electron chi connectivity index (χ0n) is 10.8. The predicted molar refractivity (Wildman–Crippen MR) is 69.0 cm³/mol. The van der Waals surface area contributed by atoms with Crippen molar-refractivity contribution in [1.82, 2.24) is 4.90 Å². The number of aliphatic hydroxyl groups is 1. The van der Waals surface area contributed by atoms with Crippen LogP contribution < -0.4 is 10.5 Å². The fourth-order valence-electron chi connectivity index (χ4n) is 1.79. The monoisotopic (exact) mass is 238 g/mol. The molecule has 0 amide bonds. The van der Waals surface area contributed by atoms with Crippen molar-refractivity contribution >= 4 is 0 Å². The second-order valence-corrected chi connectivity index (χ2v) is 4.40. The average molecular weight is 238 g/mol. The lowest BCUT2D eigenvalue weighted by Crippen LogP contribution is -2.13. The fraction of sp³-hybridized carbons (Fsp3) is 0.538. The van der Waals surface area contributed by atoms with Gasteiger partial charge in [-0.2, -0.15) is 0 Å². The maximum atomic E-state index is 9.91. The smallest absolute Gasteiger partial charge is 0.123 e. The minimum Gasteiger partial charge on any atom is -0.496 e. The van der Waals surface area contributed by atoms with Crippen molar-refractivity contribution in [2.45, 2.75) is 19.1 Å². The molecule has 0 spiro atoms. The van der Waals surface area contributed by atoms with E-state index in [0.29, 0.717) is 13.0 Å². The van der Waals surface area contributed by atoms with E-state index in [2.05, 4.69) is 4.90 Å². The molecule has 0 radical (unpaired) electrons. The Hall–Kier alpha value is -1.10. The third-order valence-electron chi connectivity index (χ3n) is 2.62. The Kier molecular flexibility index (Phi) is 5.41. The van der Waals surface area contributed by atoms with E-state index in [4.69, 9.17) is 10.5 Å². The molecular weight excluding hydrogens is 216 g/mol. The molecule has 1 rings (SSSR count). The van der Waals surface area contributed by atoms with Crippen molar-refractivity contribution in [3.05, 3.63) is 29.3 Å². The highest BCUT2D eigenvalue weighted by atomic mass is 16.5. The van der Waals surface area contributed by atoms with Crippen LogP contribution >= 0.6 is 0 Å². The highest BCUT2D eigenvalue weighted by Gasteiger charge is 2.11. The molecule has 0 saturated carbocycles. The Morgan fingerprint density at radius 1 is 1.41 bits per heavy atom. The van der Waals surface area contributed by atoms with E-state index in [1.165, 1.54) is 0 Å². The van der Waals surface area contributed by atoms with Crippen LogP contribution in [0.1, 0.15) is 23.7 Å². The number of nitrogens with zero attached hydrogens (tertiary/aromatic N) is 1. The molecule has 0 aromatic heterocycles. The van der Waals surface area contributed by atoms with Gasteiger partial charge in [0.05, 0.1) is 13.2 Å². The SMILES string of the molecule is COc1ccc([C@@H](O)CCN)cc1CN(C)C. The minimum atomic E-state index is -0.494. The predicted octanol–water partition coefficient (Wildman–Crippen LogP) is 1.14. The van der Waals surface area contributed by atoms with Crippen LogP contribution in [0.15, 0.2) is 18.2 Å². The van der Waals surface area contributed by atoms with E-state index in [-0.39, 0.29) is 0 Å². The largest absolute Gasteiger partial charge is 0.496 e. The number of nitrogens with two attached hydrogens (primary N) is 1. The molecular formula is C13H22N2O2. The first-order valence-corrected chi connectivity index (χ1v) is 5.78. The summed E-state index contributed by atoms with van der Waals surface area (Å²) >= 11 is 0. The molecule has 17 heavy (non-hydrogen) atoms. The standard InChI is InChI=1S/C13H22N2O2/c1-15(2)9-11-8-10(12(16)6-7-14)4-5-13(11)17-3/h4-5,8,12,16H,6-7,9,14H2,1-3H3/t12-/m0/s1. The Morgan fingerprint density at radius 2 is 2.12 bits per heavy atom. The van der Waals surface area contributed by atoms with E-state index >= 15 is 0 Å². The summed E-state index contributed by atoms with van der Waals surface area (Å²) in [4.78, 5) is 2.07. The van der Waals surface area contributed by atoms with Crippen LogP contribution in [0, 0.1) is 0 Å². The number of aliphatic hydroxyl groups excluding tert-OH is 1. The number of hydrogen-bond donors (Lipinski definition) is 2. The van der Waals surface area contributed by atoms with E-state index in [1.807, 2.05) is 32.3 Å². The fourth-order valence-corrected chi connectivity index (χ4v) is 1.79. The van der Waals surface area contributed by atoms with Gasteiger partial charge in [0, 0.05) is 12.1 Å². The Balaban J connectivity index is 2.95. The molecule has 0 aliphatic heterocycles. The Labute approximate surface area is 103 Å². The van der Waals surface area contributed by atoms with Crippen LogP contribution in [0.2, 0.25) is 0 Å². The summed E-state index contributed by atoms with van der Waals surface area (Å²) in [5, 5.41) is 9.91. The zero-order valence-corrected chi connectivity index (χ0v) is 10.8. The number of rotatable bonds is 6. The van der Waals surface area contributed by atoms with Gasteiger partial charge in [0.25, 0.3) is 0 Å². The molecule has 0 heterocycles. The van der Waals surface area contributed by atoms with Gasteiger partial charge in [-0.3, -0.25) is 0 Å². The molecule has 4 nitrogen and oxygen atoms in total. The summed E-state index contributed by atoms with van der Waals surface area (Å²) < 4.78 is 5.31. The number of hydrogen-bond acceptors (Lipinski definition) is 4. The van der Waals surface area contributed by atoms with Crippen LogP contribution in [-0.2, 0) is 6.54 Å². The molecule has 3 N–H and O–H groups in total. The van der Waals surface area contributed by atoms with Crippen LogP contribution in [0.4, 0.5) is 0 Å². The van der Waals surface area contributed by atoms with Crippen LogP contribution in [0.5, 0.6) is 5.75 Å². The summed E-state index contributed by atoms with van der Waals surface area (Å²) in [5.74, 6) is 0.849. The zero-order chi connectivity index (χ0) is 12.8. The first-order valence-electron chi connectivity index (χ1n) is 5.78. The molecule has 0 bridgehead atoms. The van der Waals surface area contributed by atoms with Crippen molar-refractivity contribution < 1.29 is 9.84 Å². The summed E-state index contributed by atoms with van der Waals surface area (Å²) in [6.07, 6.45) is 0.0834. The van der Waals surface area contributed by atoms with Gasteiger partial charge in [0.2, 0.25) is 0 Å². The molecule has 96 valence electrons. The van der Waals surface area contributed by atoms with Gasteiger partial charge in [0.1, 0.15) is 5.75 Å². The van der Waals surface area contributed by atoms with Gasteiger partial charge in [-0.1, -0.05) is 6.07 Å². The van der Waals surface area contributed by atoms with Gasteiger partial charge in [-0.25, -0.2) is 0 Å². The third-order valence-corrected chi connectivity index (χ3v) is 2.62. The molecule has 1 aromatic carbocycles. The lowest BCUT2D eigenvalue weighted by molar-refractivity contribution is 0.170. The van der Waals surface area contributed by atoms with Crippen LogP contribution in [0.3, 0.4) is 0 Å². The van der Waals surface area contributed by atoms with Crippen molar-refractivity contribution in [1.29, 1.82) is 0 Å². The molecule has 0 unspecified atom stereocenters. The van der Waals surface area contributed by atoms with E-state index in [1.54, 1.807) is 7.11 Å². The summed E-state index contributed by atoms with van der Waals surface area (Å²) in [5.41, 5.74) is 7.42. The van der Waals surface area contributed by atoms with Crippen LogP contribution in [0.25, 0.3) is 0 Å². The molecule has 0 aliphatic rings. The van der Waals surface area contributed by atoms with Gasteiger partial charge < -0.3 is 20.5 Å². The maximum Gasteiger partial charge on any atom is 0.123 e. The first kappa shape index (κ1) is 14.0. The lowest BCUT2D eigenvalue weighted by Gasteiger charge is -2.17. The van der Waals surface area contributed by atoms with Crippen molar-refractivity contribution in [3.8, 4) is 5.75 Å². The molecule has 0 fully saturated rings. The maximum absolute atomic E-state index is 9.91. The molecule has 1 aromatic rings. The van der Waals surface area contributed by atoms with Crippen LogP contribution in [-0.4, -0.2) is 37.8 Å². The highest BCUT2D eigenvalue weighted by molar-refractivity contribution is 5.38. The second kappa shape index (κ2) is 6.59. The first-order chi connectivity index (χ1) is 8.08. The number of methoxy groups -OCH3 is 1. The molecule has 1 atom stereocenters. The molecule has 4 heteroatoms. The Morgan fingerprint density at radius 3 is 2.65 bits per heavy atom. The van der Waals surface area contributed by atoms with E-state index < -0.39 is 6.10 Å². The normalized spacial score (nSPS) is 12.8. The molecule has 0 aliphatic carbocycles. The van der Waals surface area contributed by atoms with E-state index in [0.717, 1.165) is 23.4 Å². The minimum absolute atomic E-state index is 0.482. The van der Waals surface area contributed by atoms with Crippen molar-refractivity contribution in [3.63, 3.8) is 0 Å². The average Bonchev–Trinajstić information content (AvgIpc) is 2.28. The quantitative estimate of drug-likeness (QED) is 0.780. The lowest BCUT2D eigenvalue weighted by atomic mass is 10.0. The van der Waals surface area contributed by atoms with Crippen molar-refractivity contribution in [2.75, 3.05) is 27.7 Å². The van der Waals surface area contributed by atoms with Crippen molar-refractivity contribution in [2.24, 2.45) is 5.73 Å². The second-order valence-electron chi connectivity index (χ2n) is 4.40. The van der Waals surface area contributed by atoms with E-state index in [9.17, 15) is 5.11 Å². The van der Waals surface area contributed by atoms with Gasteiger partial charge in [0.15, 0.2) is 0 Å². The van der Waals surface area contributed by atoms with Gasteiger partial charge in [-0.15, -0.1) is 0 Å². The van der Waals surface area contributed by atoms with Gasteiger partial charge >= 0.3 is 0 Å². The topological polar surface area (TPSA) is 58.7 Å². The number of benzene rings is 1. The summed E-state index contributed by atoms with van der Waals surface area (Å²) in [7, 11) is 5.66. The number of ether oxygens (including phenoxy) is 1. The molecule has 0 saturated heterocycles. The summed E-state index contributed by atoms with van der Waals surface area (Å²) in [6, 6.07) is 5.77. The third kappa shape index (κ3) is 4.00. The Bertz CT molecular complexity index is 353. The summed E-state index contributed by atoms with van der Waals surface area (Å²) in [6.45, 7) is 1.27.